The molecular weight excluding hydrogens is 477 g/mol. The highest BCUT2D eigenvalue weighted by Gasteiger charge is 2.46. The van der Waals surface area contributed by atoms with Crippen LogP contribution in [0.25, 0.3) is 0 Å². The Morgan fingerprint density at radius 2 is 1.88 bits per heavy atom. The lowest BCUT2D eigenvalue weighted by atomic mass is 9.86. The number of nitrogens with zero attached hydrogens (tertiary/aromatic N) is 3. The number of aromatic nitrogens is 2. The molecule has 1 aliphatic rings. The fourth-order valence-corrected chi connectivity index (χ4v) is 4.76. The van der Waals surface area contributed by atoms with Gasteiger partial charge in [0.25, 0.3) is 5.91 Å². The Morgan fingerprint density at radius 3 is 2.44 bits per heavy atom. The summed E-state index contributed by atoms with van der Waals surface area (Å²) in [5, 5.41) is 8.58. The maximum absolute atomic E-state index is 14.3. The fourth-order valence-electron chi connectivity index (χ4n) is 3.76. The molecule has 1 aromatic heterocycles. The highest BCUT2D eigenvalue weighted by atomic mass is 32.2. The summed E-state index contributed by atoms with van der Waals surface area (Å²) in [6.07, 6.45) is -3.47. The van der Waals surface area contributed by atoms with Gasteiger partial charge in [0, 0.05) is 5.56 Å². The number of Topliss-reactive ketones (excluding diaryl/α,β-unsaturated/α-hetero) is 1. The van der Waals surface area contributed by atoms with Gasteiger partial charge in [0.05, 0.1) is 19.2 Å². The molecular formula is C21H25F3N4O5S. The van der Waals surface area contributed by atoms with Gasteiger partial charge in [0.2, 0.25) is 5.03 Å². The van der Waals surface area contributed by atoms with Crippen molar-refractivity contribution in [2.24, 2.45) is 9.50 Å². The lowest BCUT2D eigenvalue weighted by Gasteiger charge is -2.20. The zero-order chi connectivity index (χ0) is 25.6. The largest absolute Gasteiger partial charge is 0.586 e. The maximum atomic E-state index is 14.3. The van der Waals surface area contributed by atoms with E-state index in [0.717, 1.165) is 10.9 Å². The second-order valence-electron chi connectivity index (χ2n) is 8.57. The van der Waals surface area contributed by atoms with Crippen molar-refractivity contribution in [2.75, 3.05) is 0 Å². The Kier molecular flexibility index (Phi) is 6.82. The predicted octanol–water partition coefficient (Wildman–Crippen LogP) is 3.65. The third-order valence-corrected chi connectivity index (χ3v) is 6.30. The van der Waals surface area contributed by atoms with E-state index in [1.807, 2.05) is 0 Å². The van der Waals surface area contributed by atoms with E-state index in [2.05, 4.69) is 14.2 Å². The van der Waals surface area contributed by atoms with Crippen LogP contribution in [0.3, 0.4) is 0 Å². The Labute approximate surface area is 194 Å². The number of rotatable bonds is 7. The highest BCUT2D eigenvalue weighted by Crippen LogP contribution is 2.49. The van der Waals surface area contributed by atoms with Crippen molar-refractivity contribution in [3.05, 3.63) is 34.8 Å². The summed E-state index contributed by atoms with van der Waals surface area (Å²) in [7, 11) is -4.09. The highest BCUT2D eigenvalue weighted by molar-refractivity contribution is 7.91. The summed E-state index contributed by atoms with van der Waals surface area (Å²) in [4.78, 5) is 24.0. The molecule has 0 bridgehead atoms. The lowest BCUT2D eigenvalue weighted by Crippen LogP contribution is -2.26. The van der Waals surface area contributed by atoms with E-state index in [0.29, 0.717) is 16.7 Å². The van der Waals surface area contributed by atoms with Gasteiger partial charge in [-0.1, -0.05) is 27.7 Å². The van der Waals surface area contributed by atoms with Gasteiger partial charge in [-0.3, -0.25) is 14.3 Å². The van der Waals surface area contributed by atoms with Crippen LogP contribution in [0.4, 0.5) is 13.2 Å². The number of hydrogen-bond donors (Lipinski definition) is 1. The molecule has 0 radical (unpaired) electrons. The quantitative estimate of drug-likeness (QED) is 0.616. The molecule has 9 nitrogen and oxygen atoms in total. The number of amides is 1. The predicted molar refractivity (Wildman–Crippen MR) is 115 cm³/mol. The van der Waals surface area contributed by atoms with Crippen LogP contribution in [0, 0.1) is 5.82 Å². The van der Waals surface area contributed by atoms with Gasteiger partial charge in [-0.2, -0.15) is 5.10 Å². The summed E-state index contributed by atoms with van der Waals surface area (Å²) in [5.74, 6) is -3.27. The fraction of sp³-hybridized carbons (Fsp3) is 0.476. The van der Waals surface area contributed by atoms with Crippen LogP contribution in [-0.4, -0.2) is 32.0 Å². The lowest BCUT2D eigenvalue weighted by molar-refractivity contribution is -0.287. The van der Waals surface area contributed by atoms with Crippen LogP contribution >= 0.6 is 0 Å². The van der Waals surface area contributed by atoms with Crippen molar-refractivity contribution in [1.82, 2.24) is 9.78 Å². The number of ether oxygens (including phenoxy) is 2. The van der Waals surface area contributed by atoms with Crippen LogP contribution in [0.15, 0.2) is 21.7 Å². The molecule has 1 amide bonds. The molecule has 1 unspecified atom stereocenters. The Bertz CT molecular complexity index is 1280. The van der Waals surface area contributed by atoms with E-state index in [4.69, 9.17) is 9.88 Å². The summed E-state index contributed by atoms with van der Waals surface area (Å²) in [6.45, 7) is 8.04. The van der Waals surface area contributed by atoms with Gasteiger partial charge in [-0.05, 0) is 36.0 Å². The van der Waals surface area contributed by atoms with Gasteiger partial charge < -0.3 is 9.47 Å². The standard InChI is InChI=1S/C21H25F3N4O5S/c1-10(2)13-6-16-19(33-21(23,24)32-16)18(11(3)4)14(13)7-17(30)27-34(25,31)20-15(22)9-28(26-20)8-12(5)29/h6,9-11H,7-8H2,1-5H3,(H2,25,27,30,31). The van der Waals surface area contributed by atoms with E-state index >= 15 is 0 Å². The molecule has 1 aromatic carbocycles. The first-order chi connectivity index (χ1) is 15.6. The Balaban J connectivity index is 2.05. The Hall–Kier alpha value is -2.93. The number of fused-ring (bicyclic) bond motifs is 1. The molecule has 0 fully saturated rings. The molecule has 34 heavy (non-hydrogen) atoms. The van der Waals surface area contributed by atoms with Crippen LogP contribution in [0.2, 0.25) is 0 Å². The number of hydrogen-bond acceptors (Lipinski definition) is 6. The molecule has 0 spiro atoms. The monoisotopic (exact) mass is 502 g/mol. The van der Waals surface area contributed by atoms with E-state index in [1.165, 1.54) is 13.0 Å². The second-order valence-corrected chi connectivity index (χ2v) is 10.3. The van der Waals surface area contributed by atoms with Gasteiger partial charge in [0.1, 0.15) is 0 Å². The number of benzene rings is 1. The van der Waals surface area contributed by atoms with Crippen LogP contribution in [0.5, 0.6) is 11.5 Å². The van der Waals surface area contributed by atoms with Crippen molar-refractivity contribution >= 4 is 21.6 Å². The molecule has 3 rings (SSSR count). The van der Waals surface area contributed by atoms with Gasteiger partial charge >= 0.3 is 6.29 Å². The van der Waals surface area contributed by atoms with E-state index < -0.39 is 39.4 Å². The molecule has 0 saturated heterocycles. The number of nitrogens with two attached hydrogens (primary N) is 1. The minimum atomic E-state index is -4.09. The third-order valence-electron chi connectivity index (χ3n) is 4.99. The molecule has 1 aliphatic heterocycles. The van der Waals surface area contributed by atoms with Gasteiger partial charge in [-0.25, -0.2) is 13.7 Å². The molecule has 0 saturated carbocycles. The minimum absolute atomic E-state index is 0.147. The summed E-state index contributed by atoms with van der Waals surface area (Å²) in [5.41, 5.74) is 1.21. The van der Waals surface area contributed by atoms with E-state index in [1.54, 1.807) is 27.7 Å². The van der Waals surface area contributed by atoms with Crippen LogP contribution in [0.1, 0.15) is 63.1 Å². The summed E-state index contributed by atoms with van der Waals surface area (Å²) >= 11 is 0. The van der Waals surface area contributed by atoms with Gasteiger partial charge in [0.15, 0.2) is 33.0 Å². The van der Waals surface area contributed by atoms with Crippen molar-refractivity contribution in [3.8, 4) is 11.5 Å². The average Bonchev–Trinajstić information content (AvgIpc) is 3.17. The summed E-state index contributed by atoms with van der Waals surface area (Å²) < 4.78 is 68.4. The topological polar surface area (TPSA) is 126 Å². The van der Waals surface area contributed by atoms with Crippen molar-refractivity contribution < 1.29 is 36.4 Å². The SMILES string of the molecule is CC(=O)Cn1cc(F)c(S(N)(=O)=NC(=O)Cc2c(C(C)C)cc3c(c2C(C)C)OC(F)(F)O3)n1. The molecule has 13 heteroatoms. The van der Waals surface area contributed by atoms with Crippen LogP contribution in [-0.2, 0) is 32.5 Å². The molecule has 186 valence electrons. The van der Waals surface area contributed by atoms with Crippen molar-refractivity contribution in [3.63, 3.8) is 0 Å². The molecule has 2 N–H and O–H groups in total. The van der Waals surface area contributed by atoms with E-state index in [-0.39, 0.29) is 35.7 Å². The third kappa shape index (κ3) is 5.25. The number of halogens is 3. The summed E-state index contributed by atoms with van der Waals surface area (Å²) in [6, 6.07) is 1.37. The molecule has 0 aliphatic carbocycles. The maximum Gasteiger partial charge on any atom is 0.586 e. The first-order valence-corrected chi connectivity index (χ1v) is 11.9. The first-order valence-electron chi connectivity index (χ1n) is 10.4. The average molecular weight is 503 g/mol. The van der Waals surface area contributed by atoms with Crippen molar-refractivity contribution in [1.29, 1.82) is 0 Å². The molecule has 2 heterocycles. The number of ketones is 1. The second kappa shape index (κ2) is 9.02. The molecule has 1 atom stereocenters. The molecule has 2 aromatic rings. The minimum Gasteiger partial charge on any atom is -0.395 e. The zero-order valence-electron chi connectivity index (χ0n) is 19.2. The number of carbonyl (C=O) groups excluding carboxylic acids is 2. The zero-order valence-corrected chi connectivity index (χ0v) is 20.0. The Morgan fingerprint density at radius 1 is 1.24 bits per heavy atom. The van der Waals surface area contributed by atoms with Crippen LogP contribution < -0.4 is 14.6 Å². The van der Waals surface area contributed by atoms with Gasteiger partial charge in [-0.15, -0.1) is 13.1 Å². The smallest absolute Gasteiger partial charge is 0.395 e. The number of alkyl halides is 2. The first kappa shape index (κ1) is 25.7. The number of carbonyl (C=O) groups is 2. The van der Waals surface area contributed by atoms with E-state index in [9.17, 15) is 27.0 Å². The normalized spacial score (nSPS) is 16.1. The van der Waals surface area contributed by atoms with Crippen molar-refractivity contribution in [2.45, 2.75) is 70.7 Å².